The van der Waals surface area contributed by atoms with E-state index >= 15 is 0 Å². The zero-order chi connectivity index (χ0) is 12.8. The molecule has 0 heterocycles. The SMILES string of the molecule is CC(C)c1cc(Br)ccc1OCCC(=O)NN. The number of nitrogens with one attached hydrogen (secondary N) is 1. The van der Waals surface area contributed by atoms with Crippen LogP contribution in [0.4, 0.5) is 0 Å². The lowest BCUT2D eigenvalue weighted by Crippen LogP contribution is -2.31. The Labute approximate surface area is 110 Å². The summed E-state index contributed by atoms with van der Waals surface area (Å²) in [5.41, 5.74) is 3.19. The van der Waals surface area contributed by atoms with Gasteiger partial charge in [-0.25, -0.2) is 5.84 Å². The molecule has 0 aliphatic carbocycles. The van der Waals surface area contributed by atoms with Gasteiger partial charge in [0.05, 0.1) is 13.0 Å². The van der Waals surface area contributed by atoms with Crippen LogP contribution in [0.15, 0.2) is 22.7 Å². The van der Waals surface area contributed by atoms with Crippen LogP contribution in [-0.4, -0.2) is 12.5 Å². The van der Waals surface area contributed by atoms with Gasteiger partial charge < -0.3 is 4.74 Å². The number of nitrogens with two attached hydrogens (primary N) is 1. The Balaban J connectivity index is 2.67. The van der Waals surface area contributed by atoms with Crippen molar-refractivity contribution in [2.45, 2.75) is 26.2 Å². The summed E-state index contributed by atoms with van der Waals surface area (Å²) in [5.74, 6) is 5.94. The molecule has 1 rings (SSSR count). The highest BCUT2D eigenvalue weighted by Gasteiger charge is 2.09. The highest BCUT2D eigenvalue weighted by atomic mass is 79.9. The standard InChI is InChI=1S/C12H17BrN2O2/c1-8(2)10-7-9(13)3-4-11(10)17-6-5-12(16)15-14/h3-4,7-8H,5-6,14H2,1-2H3,(H,15,16). The van der Waals surface area contributed by atoms with Crippen molar-refractivity contribution in [1.29, 1.82) is 0 Å². The number of benzene rings is 1. The smallest absolute Gasteiger partial charge is 0.237 e. The molecule has 0 fully saturated rings. The maximum atomic E-state index is 11.0. The first-order chi connectivity index (χ1) is 8.04. The second-order valence-corrected chi connectivity index (χ2v) is 4.92. The van der Waals surface area contributed by atoms with E-state index in [4.69, 9.17) is 10.6 Å². The first kappa shape index (κ1) is 14.0. The number of rotatable bonds is 5. The molecule has 3 N–H and O–H groups in total. The second kappa shape index (κ2) is 6.61. The molecule has 4 nitrogen and oxygen atoms in total. The van der Waals surface area contributed by atoms with Gasteiger partial charge >= 0.3 is 0 Å². The van der Waals surface area contributed by atoms with Crippen molar-refractivity contribution in [2.24, 2.45) is 5.84 Å². The normalized spacial score (nSPS) is 10.4. The van der Waals surface area contributed by atoms with Crippen LogP contribution in [-0.2, 0) is 4.79 Å². The van der Waals surface area contributed by atoms with Crippen LogP contribution in [0.25, 0.3) is 0 Å². The van der Waals surface area contributed by atoms with E-state index in [0.29, 0.717) is 12.5 Å². The van der Waals surface area contributed by atoms with E-state index in [1.54, 1.807) is 0 Å². The molecule has 0 spiro atoms. The van der Waals surface area contributed by atoms with Crippen LogP contribution < -0.4 is 16.0 Å². The maximum absolute atomic E-state index is 11.0. The molecule has 0 bridgehead atoms. The quantitative estimate of drug-likeness (QED) is 0.498. The summed E-state index contributed by atoms with van der Waals surface area (Å²) in [7, 11) is 0. The monoisotopic (exact) mass is 300 g/mol. The van der Waals surface area contributed by atoms with Gasteiger partial charge in [0.25, 0.3) is 0 Å². The van der Waals surface area contributed by atoms with Gasteiger partial charge in [-0.2, -0.15) is 0 Å². The summed E-state index contributed by atoms with van der Waals surface area (Å²) < 4.78 is 6.61. The highest BCUT2D eigenvalue weighted by molar-refractivity contribution is 9.10. The number of carbonyl (C=O) groups is 1. The lowest BCUT2D eigenvalue weighted by Gasteiger charge is -2.14. The minimum atomic E-state index is -0.229. The minimum absolute atomic E-state index is 0.229. The Morgan fingerprint density at radius 1 is 1.53 bits per heavy atom. The van der Waals surface area contributed by atoms with E-state index in [1.807, 2.05) is 18.2 Å². The number of hydrazine groups is 1. The molecule has 0 atom stereocenters. The van der Waals surface area contributed by atoms with Gasteiger partial charge in [0, 0.05) is 4.47 Å². The van der Waals surface area contributed by atoms with Crippen molar-refractivity contribution in [3.05, 3.63) is 28.2 Å². The van der Waals surface area contributed by atoms with Gasteiger partial charge in [-0.15, -0.1) is 0 Å². The maximum Gasteiger partial charge on any atom is 0.237 e. The molecule has 0 aliphatic heterocycles. The first-order valence-electron chi connectivity index (χ1n) is 5.46. The third-order valence-electron chi connectivity index (χ3n) is 2.34. The lowest BCUT2D eigenvalue weighted by molar-refractivity contribution is -0.121. The summed E-state index contributed by atoms with van der Waals surface area (Å²) in [6.07, 6.45) is 0.254. The Hall–Kier alpha value is -1.07. The van der Waals surface area contributed by atoms with Crippen LogP contribution in [0.2, 0.25) is 0 Å². The predicted octanol–water partition coefficient (Wildman–Crippen LogP) is 2.33. The molecule has 0 unspecified atom stereocenters. The number of halogens is 1. The topological polar surface area (TPSA) is 64.3 Å². The summed E-state index contributed by atoms with van der Waals surface area (Å²) in [6, 6.07) is 5.85. The second-order valence-electron chi connectivity index (χ2n) is 4.00. The number of carbonyl (C=O) groups excluding carboxylic acids is 1. The third-order valence-corrected chi connectivity index (χ3v) is 2.83. The number of hydrogen-bond donors (Lipinski definition) is 2. The van der Waals surface area contributed by atoms with Gasteiger partial charge in [0.2, 0.25) is 5.91 Å². The van der Waals surface area contributed by atoms with Gasteiger partial charge in [-0.05, 0) is 29.7 Å². The zero-order valence-corrected chi connectivity index (χ0v) is 11.6. The van der Waals surface area contributed by atoms with E-state index in [9.17, 15) is 4.79 Å². The molecule has 1 amide bonds. The van der Waals surface area contributed by atoms with Crippen LogP contribution in [0.3, 0.4) is 0 Å². The Morgan fingerprint density at radius 3 is 2.82 bits per heavy atom. The van der Waals surface area contributed by atoms with Crippen LogP contribution >= 0.6 is 15.9 Å². The molecule has 0 aliphatic rings. The molecule has 17 heavy (non-hydrogen) atoms. The van der Waals surface area contributed by atoms with Gasteiger partial charge in [0.15, 0.2) is 0 Å². The number of hydrogen-bond acceptors (Lipinski definition) is 3. The molecule has 0 radical (unpaired) electrons. The molecule has 5 heteroatoms. The molecule has 1 aromatic rings. The van der Waals surface area contributed by atoms with Crippen LogP contribution in [0, 0.1) is 0 Å². The van der Waals surface area contributed by atoms with E-state index in [1.165, 1.54) is 0 Å². The van der Waals surface area contributed by atoms with Crippen molar-refractivity contribution < 1.29 is 9.53 Å². The fourth-order valence-electron chi connectivity index (χ4n) is 1.43. The van der Waals surface area contributed by atoms with Crippen molar-refractivity contribution in [3.8, 4) is 5.75 Å². The van der Waals surface area contributed by atoms with Crippen molar-refractivity contribution in [2.75, 3.05) is 6.61 Å². The van der Waals surface area contributed by atoms with E-state index in [0.717, 1.165) is 15.8 Å². The average molecular weight is 301 g/mol. The number of ether oxygens (including phenoxy) is 1. The molecule has 0 saturated carbocycles. The Morgan fingerprint density at radius 2 is 2.24 bits per heavy atom. The third kappa shape index (κ3) is 4.36. The van der Waals surface area contributed by atoms with Crippen molar-refractivity contribution in [3.63, 3.8) is 0 Å². The molecule has 1 aromatic carbocycles. The van der Waals surface area contributed by atoms with E-state index in [-0.39, 0.29) is 12.3 Å². The van der Waals surface area contributed by atoms with Gasteiger partial charge in [-0.1, -0.05) is 29.8 Å². The fraction of sp³-hybridized carbons (Fsp3) is 0.417. The van der Waals surface area contributed by atoms with Gasteiger partial charge in [0.1, 0.15) is 5.75 Å². The fourth-order valence-corrected chi connectivity index (χ4v) is 1.81. The predicted molar refractivity (Wildman–Crippen MR) is 70.7 cm³/mol. The Bertz CT molecular complexity index is 394. The molecule has 0 aromatic heterocycles. The molecule has 0 saturated heterocycles. The van der Waals surface area contributed by atoms with Crippen LogP contribution in [0.5, 0.6) is 5.75 Å². The summed E-state index contributed by atoms with van der Waals surface area (Å²) >= 11 is 3.43. The largest absolute Gasteiger partial charge is 0.493 e. The van der Waals surface area contributed by atoms with E-state index in [2.05, 4.69) is 35.2 Å². The summed E-state index contributed by atoms with van der Waals surface area (Å²) in [5, 5.41) is 0. The summed E-state index contributed by atoms with van der Waals surface area (Å²) in [6.45, 7) is 4.52. The summed E-state index contributed by atoms with van der Waals surface area (Å²) in [4.78, 5) is 11.0. The minimum Gasteiger partial charge on any atom is -0.493 e. The first-order valence-corrected chi connectivity index (χ1v) is 6.25. The lowest BCUT2D eigenvalue weighted by atomic mass is 10.0. The van der Waals surface area contributed by atoms with E-state index < -0.39 is 0 Å². The van der Waals surface area contributed by atoms with Gasteiger partial charge in [-0.3, -0.25) is 10.2 Å². The van der Waals surface area contributed by atoms with Crippen molar-refractivity contribution >= 4 is 21.8 Å². The molecular formula is C12H17BrN2O2. The molecule has 94 valence electrons. The average Bonchev–Trinajstić information content (AvgIpc) is 2.30. The van der Waals surface area contributed by atoms with Crippen molar-refractivity contribution in [1.82, 2.24) is 5.43 Å². The van der Waals surface area contributed by atoms with Crippen LogP contribution in [0.1, 0.15) is 31.7 Å². The zero-order valence-electron chi connectivity index (χ0n) is 10.00. The Kier molecular flexibility index (Phi) is 5.44. The highest BCUT2D eigenvalue weighted by Crippen LogP contribution is 2.29. The number of amides is 1. The molecular weight excluding hydrogens is 284 g/mol.